The molecule has 0 bridgehead atoms. The highest BCUT2D eigenvalue weighted by molar-refractivity contribution is 6.32. The van der Waals surface area contributed by atoms with E-state index in [1.165, 1.54) is 30.0 Å². The van der Waals surface area contributed by atoms with E-state index in [1.807, 2.05) is 25.2 Å². The monoisotopic (exact) mass is 491 g/mol. The molecule has 0 saturated heterocycles. The van der Waals surface area contributed by atoms with Crippen molar-refractivity contribution in [2.45, 2.75) is 6.54 Å². The predicted octanol–water partition coefficient (Wildman–Crippen LogP) is 4.31. The summed E-state index contributed by atoms with van der Waals surface area (Å²) >= 11 is 5.86. The first-order valence-corrected chi connectivity index (χ1v) is 11.1. The molecular formula is C27H26ClN3O4. The van der Waals surface area contributed by atoms with Crippen LogP contribution in [0.25, 0.3) is 0 Å². The highest BCUT2D eigenvalue weighted by atomic mass is 35.5. The summed E-state index contributed by atoms with van der Waals surface area (Å²) in [5.74, 6) is 6.77. The molecule has 0 atom stereocenters. The molecule has 180 valence electrons. The summed E-state index contributed by atoms with van der Waals surface area (Å²) in [6.45, 7) is 1.35. The van der Waals surface area contributed by atoms with Crippen molar-refractivity contribution in [2.75, 3.05) is 27.8 Å². The maximum absolute atomic E-state index is 12.3. The van der Waals surface area contributed by atoms with Gasteiger partial charge in [-0.2, -0.15) is 5.10 Å². The minimum absolute atomic E-state index is 0.0825. The molecule has 0 spiro atoms. The van der Waals surface area contributed by atoms with Crippen molar-refractivity contribution in [3.63, 3.8) is 0 Å². The Morgan fingerprint density at radius 1 is 1.14 bits per heavy atom. The number of phenolic OH excluding ortho intramolecular Hbond substituents is 1. The van der Waals surface area contributed by atoms with E-state index < -0.39 is 5.91 Å². The number of rotatable bonds is 8. The van der Waals surface area contributed by atoms with E-state index in [4.69, 9.17) is 21.1 Å². The van der Waals surface area contributed by atoms with E-state index in [-0.39, 0.29) is 16.3 Å². The Kier molecular flexibility index (Phi) is 9.13. The molecule has 8 heteroatoms. The standard InChI is InChI=1S/C27H26ClN3O4/c1-31(18-19-8-5-4-6-9-19)13-7-10-21-14-20(15-25(34-2)26(21)35-3)17-29-30-27(33)22-11-12-24(32)23(28)16-22/h4-6,8-9,11-12,14-17,32H,13,18H2,1-3H3,(H,30,33)/b29-17+. The number of phenols is 1. The van der Waals surface area contributed by atoms with Gasteiger partial charge in [0.2, 0.25) is 0 Å². The van der Waals surface area contributed by atoms with Gasteiger partial charge in [-0.15, -0.1) is 0 Å². The summed E-state index contributed by atoms with van der Waals surface area (Å²) in [7, 11) is 5.10. The minimum atomic E-state index is -0.468. The van der Waals surface area contributed by atoms with Crippen molar-refractivity contribution < 1.29 is 19.4 Å². The first kappa shape index (κ1) is 25.6. The second-order valence-electron chi connectivity index (χ2n) is 7.63. The van der Waals surface area contributed by atoms with Crippen molar-refractivity contribution in [3.8, 4) is 29.1 Å². The molecular weight excluding hydrogens is 466 g/mol. The predicted molar refractivity (Wildman–Crippen MR) is 137 cm³/mol. The fraction of sp³-hybridized carbons (Fsp3) is 0.185. The molecule has 3 aromatic rings. The molecule has 0 radical (unpaired) electrons. The molecule has 0 fully saturated rings. The van der Waals surface area contributed by atoms with Crippen LogP contribution < -0.4 is 14.9 Å². The Morgan fingerprint density at radius 3 is 2.60 bits per heavy atom. The summed E-state index contributed by atoms with van der Waals surface area (Å²) in [4.78, 5) is 14.4. The molecule has 7 nitrogen and oxygen atoms in total. The maximum Gasteiger partial charge on any atom is 0.271 e. The first-order chi connectivity index (χ1) is 16.9. The van der Waals surface area contributed by atoms with Crippen LogP contribution in [0.2, 0.25) is 5.02 Å². The Bertz CT molecular complexity index is 1270. The van der Waals surface area contributed by atoms with E-state index in [0.717, 1.165) is 6.54 Å². The van der Waals surface area contributed by atoms with Crippen molar-refractivity contribution >= 4 is 23.7 Å². The summed E-state index contributed by atoms with van der Waals surface area (Å²) in [5.41, 5.74) is 5.22. The molecule has 3 aromatic carbocycles. The van der Waals surface area contributed by atoms with Gasteiger partial charge in [0.15, 0.2) is 11.5 Å². The van der Waals surface area contributed by atoms with Crippen molar-refractivity contribution in [3.05, 3.63) is 87.9 Å². The molecule has 3 rings (SSSR count). The van der Waals surface area contributed by atoms with Crippen LogP contribution in [0.4, 0.5) is 0 Å². The second kappa shape index (κ2) is 12.5. The number of methoxy groups -OCH3 is 2. The van der Waals surface area contributed by atoms with Gasteiger partial charge in [-0.25, -0.2) is 5.43 Å². The van der Waals surface area contributed by atoms with Crippen LogP contribution in [-0.2, 0) is 6.54 Å². The van der Waals surface area contributed by atoms with Gasteiger partial charge in [-0.05, 0) is 48.5 Å². The number of hydrogen-bond acceptors (Lipinski definition) is 6. The number of hydrogen-bond donors (Lipinski definition) is 2. The summed E-state index contributed by atoms with van der Waals surface area (Å²) < 4.78 is 11.0. The molecule has 0 aliphatic heterocycles. The third kappa shape index (κ3) is 7.24. The summed E-state index contributed by atoms with van der Waals surface area (Å²) in [6.07, 6.45) is 1.48. The number of carbonyl (C=O) groups is 1. The normalized spacial score (nSPS) is 10.7. The molecule has 1 amide bonds. The van der Waals surface area contributed by atoms with Crippen LogP contribution in [-0.4, -0.2) is 49.9 Å². The fourth-order valence-corrected chi connectivity index (χ4v) is 3.43. The third-order valence-corrected chi connectivity index (χ3v) is 5.26. The lowest BCUT2D eigenvalue weighted by Gasteiger charge is -2.13. The first-order valence-electron chi connectivity index (χ1n) is 10.7. The average Bonchev–Trinajstić information content (AvgIpc) is 2.85. The van der Waals surface area contributed by atoms with E-state index in [0.29, 0.717) is 29.2 Å². The number of halogens is 1. The Hall–Kier alpha value is -3.99. The van der Waals surface area contributed by atoms with Crippen LogP contribution in [0.15, 0.2) is 65.8 Å². The van der Waals surface area contributed by atoms with Gasteiger partial charge in [-0.3, -0.25) is 9.69 Å². The van der Waals surface area contributed by atoms with Crippen LogP contribution in [0, 0.1) is 11.8 Å². The maximum atomic E-state index is 12.3. The molecule has 0 aliphatic rings. The van der Waals surface area contributed by atoms with Crippen molar-refractivity contribution in [1.82, 2.24) is 10.3 Å². The van der Waals surface area contributed by atoms with Crippen LogP contribution in [0.1, 0.15) is 27.0 Å². The Balaban J connectivity index is 1.73. The summed E-state index contributed by atoms with van der Waals surface area (Å²) in [6, 6.07) is 17.9. The van der Waals surface area contributed by atoms with E-state index >= 15 is 0 Å². The Labute approximate surface area is 209 Å². The topological polar surface area (TPSA) is 83.4 Å². The van der Waals surface area contributed by atoms with Crippen LogP contribution in [0.3, 0.4) is 0 Å². The lowest BCUT2D eigenvalue weighted by atomic mass is 10.1. The molecule has 0 heterocycles. The third-order valence-electron chi connectivity index (χ3n) is 4.96. The molecule has 2 N–H and O–H groups in total. The van der Waals surface area contributed by atoms with Gasteiger partial charge in [0, 0.05) is 12.1 Å². The zero-order valence-corrected chi connectivity index (χ0v) is 20.5. The minimum Gasteiger partial charge on any atom is -0.506 e. The lowest BCUT2D eigenvalue weighted by molar-refractivity contribution is 0.0955. The van der Waals surface area contributed by atoms with Crippen molar-refractivity contribution in [1.29, 1.82) is 0 Å². The molecule has 0 saturated carbocycles. The fourth-order valence-electron chi connectivity index (χ4n) is 3.25. The zero-order valence-electron chi connectivity index (χ0n) is 19.7. The number of carbonyl (C=O) groups excluding carboxylic acids is 1. The summed E-state index contributed by atoms with van der Waals surface area (Å²) in [5, 5.41) is 13.6. The van der Waals surface area contributed by atoms with Gasteiger partial charge in [-0.1, -0.05) is 53.8 Å². The van der Waals surface area contributed by atoms with Crippen LogP contribution >= 0.6 is 11.6 Å². The SMILES string of the molecule is COc1cc(/C=N/NC(=O)c2ccc(O)c(Cl)c2)cc(C#CCN(C)Cc2ccccc2)c1OC. The molecule has 0 aromatic heterocycles. The number of amides is 1. The number of nitrogens with one attached hydrogen (secondary N) is 1. The number of hydrazone groups is 1. The quantitative estimate of drug-likeness (QED) is 0.279. The number of aromatic hydroxyl groups is 1. The van der Waals surface area contributed by atoms with Crippen molar-refractivity contribution in [2.24, 2.45) is 5.10 Å². The van der Waals surface area contributed by atoms with Gasteiger partial charge in [0.1, 0.15) is 5.75 Å². The van der Waals surface area contributed by atoms with Crippen LogP contribution in [0.5, 0.6) is 17.2 Å². The zero-order chi connectivity index (χ0) is 25.2. The highest BCUT2D eigenvalue weighted by Crippen LogP contribution is 2.31. The number of ether oxygens (including phenoxy) is 2. The van der Waals surface area contributed by atoms with Gasteiger partial charge in [0.05, 0.1) is 37.6 Å². The average molecular weight is 492 g/mol. The van der Waals surface area contributed by atoms with E-state index in [9.17, 15) is 9.90 Å². The number of benzene rings is 3. The largest absolute Gasteiger partial charge is 0.506 e. The highest BCUT2D eigenvalue weighted by Gasteiger charge is 2.11. The molecule has 0 unspecified atom stereocenters. The van der Waals surface area contributed by atoms with E-state index in [2.05, 4.69) is 39.4 Å². The molecule has 0 aliphatic carbocycles. The smallest absolute Gasteiger partial charge is 0.271 e. The number of nitrogens with zero attached hydrogens (tertiary/aromatic N) is 2. The van der Waals surface area contributed by atoms with Gasteiger partial charge < -0.3 is 14.6 Å². The van der Waals surface area contributed by atoms with E-state index in [1.54, 1.807) is 26.4 Å². The van der Waals surface area contributed by atoms with Gasteiger partial charge in [0.25, 0.3) is 5.91 Å². The Morgan fingerprint density at radius 2 is 1.91 bits per heavy atom. The second-order valence-corrected chi connectivity index (χ2v) is 8.04. The molecule has 35 heavy (non-hydrogen) atoms. The van der Waals surface area contributed by atoms with Gasteiger partial charge >= 0.3 is 0 Å². The lowest BCUT2D eigenvalue weighted by Crippen LogP contribution is -2.17.